The molecule has 0 heterocycles. The van der Waals surface area contributed by atoms with Crippen LogP contribution in [0, 0.1) is 11.3 Å². The van der Waals surface area contributed by atoms with Crippen molar-refractivity contribution < 1.29 is 4.79 Å². The molecule has 3 heteroatoms. The number of carbonyl (C=O) groups is 1. The maximum absolute atomic E-state index is 11.4. The smallest absolute Gasteiger partial charge is 0.220 e. The van der Waals surface area contributed by atoms with E-state index in [9.17, 15) is 4.79 Å². The third-order valence-electron chi connectivity index (χ3n) is 3.79. The van der Waals surface area contributed by atoms with Crippen LogP contribution in [0.2, 0.25) is 0 Å². The van der Waals surface area contributed by atoms with Gasteiger partial charge < -0.3 is 5.32 Å². The highest BCUT2D eigenvalue weighted by atomic mass is 16.1. The number of allylic oxidation sites excluding steroid dienone is 8. The maximum atomic E-state index is 11.4. The van der Waals surface area contributed by atoms with Crippen LogP contribution in [0.5, 0.6) is 0 Å². The van der Waals surface area contributed by atoms with Crippen LogP contribution in [0.25, 0.3) is 0 Å². The van der Waals surface area contributed by atoms with Crippen LogP contribution in [-0.4, -0.2) is 12.5 Å². The molecule has 3 nitrogen and oxygen atoms in total. The highest BCUT2D eigenvalue weighted by Gasteiger charge is 1.98. The van der Waals surface area contributed by atoms with Crippen LogP contribution in [0.4, 0.5) is 0 Å². The Hall–Kier alpha value is -2.08. The molecule has 0 aromatic heterocycles. The quantitative estimate of drug-likeness (QED) is 0.266. The minimum absolute atomic E-state index is 0.0381. The molecule has 1 N–H and O–H groups in total. The third kappa shape index (κ3) is 20.0. The Morgan fingerprint density at radius 2 is 1.38 bits per heavy atom. The zero-order valence-corrected chi connectivity index (χ0v) is 16.5. The predicted octanol–water partition coefficient (Wildman–Crippen LogP) is 6.16. The van der Waals surface area contributed by atoms with E-state index in [1.54, 1.807) is 0 Å². The van der Waals surface area contributed by atoms with E-state index in [1.807, 2.05) is 6.07 Å². The standard InChI is InChI=1S/C23H36N2O/c1-2-3-4-5-6-7-8-9-10-11-12-13-14-15-16-17-18-20-23(26)25-22-19-21-24/h6-7,9-10,12-13,15-16H,2-5,8,11,14,17-20,22H2,1H3,(H,25,26)/b7-6-,10-9-,13-12-,16-15-. The van der Waals surface area contributed by atoms with Crippen molar-refractivity contribution in [1.29, 1.82) is 5.26 Å². The van der Waals surface area contributed by atoms with Gasteiger partial charge >= 0.3 is 0 Å². The summed E-state index contributed by atoms with van der Waals surface area (Å²) in [5.41, 5.74) is 0. The molecule has 0 aromatic carbocycles. The molecule has 144 valence electrons. The number of rotatable bonds is 16. The normalized spacial score (nSPS) is 11.8. The van der Waals surface area contributed by atoms with Gasteiger partial charge in [0, 0.05) is 13.0 Å². The van der Waals surface area contributed by atoms with Crippen LogP contribution in [0.3, 0.4) is 0 Å². The average molecular weight is 357 g/mol. The SMILES string of the molecule is CCCCC/C=C\C/C=C\C/C=C\C/C=C\CCCC(=O)NCCC#N. The molecule has 0 radical (unpaired) electrons. The van der Waals surface area contributed by atoms with Gasteiger partial charge in [0.05, 0.1) is 12.5 Å². The van der Waals surface area contributed by atoms with Gasteiger partial charge in [0.1, 0.15) is 0 Å². The summed E-state index contributed by atoms with van der Waals surface area (Å²) in [4.78, 5) is 11.4. The van der Waals surface area contributed by atoms with Gasteiger partial charge in [-0.05, 0) is 44.9 Å². The lowest BCUT2D eigenvalue weighted by Gasteiger charge is -2.00. The van der Waals surface area contributed by atoms with Crippen molar-refractivity contribution in [2.24, 2.45) is 0 Å². The van der Waals surface area contributed by atoms with E-state index < -0.39 is 0 Å². The van der Waals surface area contributed by atoms with E-state index in [2.05, 4.69) is 60.8 Å². The summed E-state index contributed by atoms with van der Waals surface area (Å²) in [6, 6.07) is 2.01. The fourth-order valence-corrected chi connectivity index (χ4v) is 2.29. The van der Waals surface area contributed by atoms with Gasteiger partial charge in [0.25, 0.3) is 0 Å². The van der Waals surface area contributed by atoms with Gasteiger partial charge in [-0.2, -0.15) is 5.26 Å². The van der Waals surface area contributed by atoms with Gasteiger partial charge in [-0.15, -0.1) is 0 Å². The first kappa shape index (κ1) is 23.9. The Morgan fingerprint density at radius 1 is 0.846 bits per heavy atom. The zero-order valence-electron chi connectivity index (χ0n) is 16.5. The highest BCUT2D eigenvalue weighted by molar-refractivity contribution is 5.75. The molecule has 26 heavy (non-hydrogen) atoms. The van der Waals surface area contributed by atoms with Crippen LogP contribution >= 0.6 is 0 Å². The Labute approximate surface area is 160 Å². The topological polar surface area (TPSA) is 52.9 Å². The third-order valence-corrected chi connectivity index (χ3v) is 3.79. The molecule has 1 amide bonds. The monoisotopic (exact) mass is 356 g/mol. The summed E-state index contributed by atoms with van der Waals surface area (Å²) in [6.07, 6.45) is 28.4. The molecular formula is C23H36N2O. The lowest BCUT2D eigenvalue weighted by atomic mass is 10.2. The van der Waals surface area contributed by atoms with Gasteiger partial charge in [-0.1, -0.05) is 68.4 Å². The number of nitrogens with zero attached hydrogens (tertiary/aromatic N) is 1. The molecule has 0 aliphatic heterocycles. The first-order chi connectivity index (χ1) is 12.8. The Balaban J connectivity index is 3.46. The highest BCUT2D eigenvalue weighted by Crippen LogP contribution is 2.01. The summed E-state index contributed by atoms with van der Waals surface area (Å²) in [6.45, 7) is 2.69. The number of unbranched alkanes of at least 4 members (excludes halogenated alkanes) is 4. The number of nitriles is 1. The average Bonchev–Trinajstić information content (AvgIpc) is 2.64. The van der Waals surface area contributed by atoms with Gasteiger partial charge in [-0.3, -0.25) is 4.79 Å². The largest absolute Gasteiger partial charge is 0.355 e. The van der Waals surface area contributed by atoms with Crippen molar-refractivity contribution in [3.8, 4) is 6.07 Å². The number of hydrogen-bond acceptors (Lipinski definition) is 2. The Bertz CT molecular complexity index is 481. The predicted molar refractivity (Wildman–Crippen MR) is 112 cm³/mol. The van der Waals surface area contributed by atoms with Gasteiger partial charge in [-0.25, -0.2) is 0 Å². The van der Waals surface area contributed by atoms with E-state index in [-0.39, 0.29) is 5.91 Å². The van der Waals surface area contributed by atoms with Crippen LogP contribution in [-0.2, 0) is 4.79 Å². The minimum Gasteiger partial charge on any atom is -0.355 e. The molecule has 0 aliphatic rings. The number of carbonyl (C=O) groups excluding carboxylic acids is 1. The second kappa shape index (κ2) is 21.0. The van der Waals surface area contributed by atoms with Crippen LogP contribution in [0.15, 0.2) is 48.6 Å². The maximum Gasteiger partial charge on any atom is 0.220 e. The summed E-state index contributed by atoms with van der Waals surface area (Å²) >= 11 is 0. The van der Waals surface area contributed by atoms with Crippen molar-refractivity contribution in [2.75, 3.05) is 6.54 Å². The number of nitrogens with one attached hydrogen (secondary N) is 1. The van der Waals surface area contributed by atoms with E-state index in [4.69, 9.17) is 5.26 Å². The second-order valence-corrected chi connectivity index (χ2v) is 6.24. The molecule has 0 saturated heterocycles. The zero-order chi connectivity index (χ0) is 19.1. The van der Waals surface area contributed by atoms with Crippen molar-refractivity contribution >= 4 is 5.91 Å². The van der Waals surface area contributed by atoms with Crippen molar-refractivity contribution in [3.05, 3.63) is 48.6 Å². The fourth-order valence-electron chi connectivity index (χ4n) is 2.29. The molecule has 0 bridgehead atoms. The first-order valence-electron chi connectivity index (χ1n) is 10.0. The molecule has 0 aliphatic carbocycles. The summed E-state index contributed by atoms with van der Waals surface area (Å²) in [5, 5.41) is 11.1. The summed E-state index contributed by atoms with van der Waals surface area (Å²) in [5.74, 6) is 0.0381. The Morgan fingerprint density at radius 3 is 1.92 bits per heavy atom. The van der Waals surface area contributed by atoms with E-state index in [0.29, 0.717) is 19.4 Å². The van der Waals surface area contributed by atoms with Crippen molar-refractivity contribution in [2.45, 2.75) is 77.6 Å². The number of hydrogen-bond donors (Lipinski definition) is 1. The lowest BCUT2D eigenvalue weighted by Crippen LogP contribution is -2.23. The molecule has 0 rings (SSSR count). The van der Waals surface area contributed by atoms with Crippen molar-refractivity contribution in [1.82, 2.24) is 5.32 Å². The summed E-state index contributed by atoms with van der Waals surface area (Å²) in [7, 11) is 0. The Kier molecular flexibility index (Phi) is 19.3. The second-order valence-electron chi connectivity index (χ2n) is 6.24. The fraction of sp³-hybridized carbons (Fsp3) is 0.565. The minimum atomic E-state index is 0.0381. The van der Waals surface area contributed by atoms with E-state index >= 15 is 0 Å². The first-order valence-corrected chi connectivity index (χ1v) is 10.0. The summed E-state index contributed by atoms with van der Waals surface area (Å²) < 4.78 is 0. The number of amides is 1. The molecule has 0 unspecified atom stereocenters. The molecule has 0 spiro atoms. The molecule has 0 atom stereocenters. The van der Waals surface area contributed by atoms with Gasteiger partial charge in [0.15, 0.2) is 0 Å². The lowest BCUT2D eigenvalue weighted by molar-refractivity contribution is -0.121. The van der Waals surface area contributed by atoms with Crippen molar-refractivity contribution in [3.63, 3.8) is 0 Å². The van der Waals surface area contributed by atoms with Crippen LogP contribution in [0.1, 0.15) is 77.6 Å². The van der Waals surface area contributed by atoms with E-state index in [1.165, 1.54) is 25.7 Å². The van der Waals surface area contributed by atoms with Gasteiger partial charge in [0.2, 0.25) is 5.91 Å². The molecule has 0 aromatic rings. The molecule has 0 fully saturated rings. The van der Waals surface area contributed by atoms with Crippen LogP contribution < -0.4 is 5.32 Å². The molecular weight excluding hydrogens is 320 g/mol. The molecule has 0 saturated carbocycles. The van der Waals surface area contributed by atoms with E-state index in [0.717, 1.165) is 32.1 Å².